The highest BCUT2D eigenvalue weighted by Crippen LogP contribution is 2.41. The lowest BCUT2D eigenvalue weighted by atomic mass is 9.98. The van der Waals surface area contributed by atoms with Crippen molar-refractivity contribution in [2.75, 3.05) is 7.11 Å². The van der Waals surface area contributed by atoms with Crippen LogP contribution < -0.4 is 4.72 Å². The maximum absolute atomic E-state index is 14.1. The lowest BCUT2D eigenvalue weighted by molar-refractivity contribution is -0.141. The fourth-order valence-corrected chi connectivity index (χ4v) is 7.38. The van der Waals surface area contributed by atoms with Crippen LogP contribution in [0.2, 0.25) is 18.1 Å². The summed E-state index contributed by atoms with van der Waals surface area (Å²) in [4.78, 5) is 12.2. The van der Waals surface area contributed by atoms with E-state index >= 15 is 0 Å². The number of esters is 1. The van der Waals surface area contributed by atoms with E-state index in [1.807, 2.05) is 71.9 Å². The molecule has 3 unspecified atom stereocenters. The molecular formula is C27H49NO5S2Si. The number of hydrogen-bond donors (Lipinski definition) is 1. The number of hydrogen-bond acceptors (Lipinski definition) is 6. The molecule has 0 bridgehead atoms. The maximum atomic E-state index is 14.1. The Balaban J connectivity index is 3.78. The van der Waals surface area contributed by atoms with Gasteiger partial charge in [-0.15, -0.1) is 4.72 Å². The molecule has 36 heavy (non-hydrogen) atoms. The second kappa shape index (κ2) is 12.9. The number of nitrogens with one attached hydrogen (secondary N) is 1. The van der Waals surface area contributed by atoms with Crippen molar-refractivity contribution in [3.8, 4) is 0 Å². The molecule has 0 aliphatic heterocycles. The molecule has 1 N–H and O–H groups in total. The van der Waals surface area contributed by atoms with Crippen LogP contribution >= 0.6 is 0 Å². The van der Waals surface area contributed by atoms with Crippen LogP contribution in [0.4, 0.5) is 0 Å². The first kappa shape index (κ1) is 33.3. The summed E-state index contributed by atoms with van der Waals surface area (Å²) in [5.74, 6) is -0.331. The van der Waals surface area contributed by atoms with Gasteiger partial charge < -0.3 is 13.7 Å². The van der Waals surface area contributed by atoms with Gasteiger partial charge in [0.05, 0.1) is 24.5 Å². The first-order chi connectivity index (χ1) is 16.2. The monoisotopic (exact) mass is 559 g/mol. The van der Waals surface area contributed by atoms with Crippen LogP contribution in [0.25, 0.3) is 0 Å². The van der Waals surface area contributed by atoms with Crippen LogP contribution in [0, 0.1) is 0 Å². The quantitative estimate of drug-likeness (QED) is 0.202. The molecule has 0 aliphatic rings. The van der Waals surface area contributed by atoms with Crippen molar-refractivity contribution in [1.29, 1.82) is 0 Å². The molecule has 0 amide bonds. The highest BCUT2D eigenvalue weighted by molar-refractivity contribution is 7.91. The van der Waals surface area contributed by atoms with E-state index in [1.54, 1.807) is 0 Å². The highest BCUT2D eigenvalue weighted by Gasteiger charge is 2.47. The number of methoxy groups -OCH3 is 1. The molecule has 0 radical (unpaired) electrons. The van der Waals surface area contributed by atoms with Gasteiger partial charge in [0, 0.05) is 33.3 Å². The van der Waals surface area contributed by atoms with E-state index < -0.39 is 57.4 Å². The Hall–Kier alpha value is -0.713. The predicted octanol–water partition coefficient (Wildman–Crippen LogP) is 6.04. The van der Waals surface area contributed by atoms with Gasteiger partial charge in [0.15, 0.2) is 8.32 Å². The van der Waals surface area contributed by atoms with Crippen molar-refractivity contribution in [1.82, 2.24) is 4.72 Å². The topological polar surface area (TPSA) is 87.7 Å². The third-order valence-corrected chi connectivity index (χ3v) is 14.9. The van der Waals surface area contributed by atoms with Crippen LogP contribution in [0.1, 0.15) is 86.0 Å². The lowest BCUT2D eigenvalue weighted by Gasteiger charge is -2.44. The molecule has 9 heteroatoms. The van der Waals surface area contributed by atoms with Crippen molar-refractivity contribution in [3.63, 3.8) is 0 Å². The number of rotatable bonds is 11. The molecule has 1 aromatic rings. The first-order valence-electron chi connectivity index (χ1n) is 12.6. The molecule has 208 valence electrons. The second-order valence-corrected chi connectivity index (χ2v) is 21.9. The summed E-state index contributed by atoms with van der Waals surface area (Å²) < 4.78 is 41.8. The zero-order chi connectivity index (χ0) is 28.1. The fourth-order valence-electron chi connectivity index (χ4n) is 3.35. The van der Waals surface area contributed by atoms with Gasteiger partial charge in [-0.2, -0.15) is 0 Å². The van der Waals surface area contributed by atoms with E-state index in [0.717, 1.165) is 5.56 Å². The standard InChI is InChI=1S/C27H49NO5S2Si/c1-25(2,3)34(30)24(20-16-14-13-15-17-20)23(28-35(31)26(4,5)6)21(18-19-22(29)32-10)33-36(11,12)27(7,8)9/h13-17,21,23-24,28H,18-19H2,1-12H3/t21-,23?,24?,34+,35?/m0/s1. The van der Waals surface area contributed by atoms with Gasteiger partial charge in [-0.1, -0.05) is 51.1 Å². The molecule has 0 heterocycles. The van der Waals surface area contributed by atoms with E-state index in [0.29, 0.717) is 6.42 Å². The van der Waals surface area contributed by atoms with Crippen LogP contribution in [0.15, 0.2) is 30.3 Å². The molecule has 1 aromatic carbocycles. The first-order valence-corrected chi connectivity index (χ1v) is 17.9. The van der Waals surface area contributed by atoms with Gasteiger partial charge >= 0.3 is 5.97 Å². The Labute approximate surface area is 226 Å². The Morgan fingerprint density at radius 3 is 2.00 bits per heavy atom. The smallest absolute Gasteiger partial charge is 0.305 e. The van der Waals surface area contributed by atoms with Crippen LogP contribution in [-0.2, 0) is 36.1 Å². The summed E-state index contributed by atoms with van der Waals surface area (Å²) >= 11 is -1.46. The van der Waals surface area contributed by atoms with Gasteiger partial charge in [-0.3, -0.25) is 9.00 Å². The van der Waals surface area contributed by atoms with Crippen LogP contribution in [0.3, 0.4) is 0 Å². The molecule has 6 nitrogen and oxygen atoms in total. The Morgan fingerprint density at radius 2 is 1.58 bits per heavy atom. The summed E-state index contributed by atoms with van der Waals surface area (Å²) in [6, 6.07) is 9.15. The lowest BCUT2D eigenvalue weighted by Crippen LogP contribution is -2.57. The minimum atomic E-state index is -2.33. The summed E-state index contributed by atoms with van der Waals surface area (Å²) in [6.45, 7) is 22.4. The van der Waals surface area contributed by atoms with E-state index in [1.165, 1.54) is 7.11 Å². The second-order valence-electron chi connectivity index (χ2n) is 12.8. The Bertz CT molecular complexity index is 860. The fraction of sp³-hybridized carbons (Fsp3) is 0.741. The third-order valence-electron chi connectivity index (χ3n) is 6.60. The van der Waals surface area contributed by atoms with Crippen molar-refractivity contribution >= 4 is 36.4 Å². The number of carbonyl (C=O) groups excluding carboxylic acids is 1. The van der Waals surface area contributed by atoms with E-state index in [4.69, 9.17) is 9.16 Å². The van der Waals surface area contributed by atoms with Gasteiger partial charge in [0.25, 0.3) is 0 Å². The molecule has 1 rings (SSSR count). The number of benzene rings is 1. The molecular weight excluding hydrogens is 511 g/mol. The van der Waals surface area contributed by atoms with Crippen molar-refractivity contribution in [3.05, 3.63) is 35.9 Å². The number of carbonyl (C=O) groups is 1. The SMILES string of the molecule is COC(=O)CC[C@H](O[Si](C)(C)C(C)(C)C)C(N[S+]([O-])C(C)(C)C)C(c1ccccc1)[S@@](=O)C(C)(C)C. The molecule has 0 saturated heterocycles. The summed E-state index contributed by atoms with van der Waals surface area (Å²) in [6.07, 6.45) is 0.00985. The number of ether oxygens (including phenoxy) is 1. The average Bonchev–Trinajstić information content (AvgIpc) is 2.74. The zero-order valence-corrected chi connectivity index (χ0v) is 27.0. The largest absolute Gasteiger partial charge is 0.598 e. The summed E-state index contributed by atoms with van der Waals surface area (Å²) in [5, 5.41) is -0.597. The minimum Gasteiger partial charge on any atom is -0.598 e. The van der Waals surface area contributed by atoms with E-state index in [2.05, 4.69) is 38.6 Å². The van der Waals surface area contributed by atoms with Gasteiger partial charge in [0.2, 0.25) is 0 Å². The predicted molar refractivity (Wildman–Crippen MR) is 155 cm³/mol. The Kier molecular flexibility index (Phi) is 11.9. The average molecular weight is 560 g/mol. The van der Waals surface area contributed by atoms with Crippen molar-refractivity contribution in [2.45, 2.75) is 120 Å². The van der Waals surface area contributed by atoms with Crippen molar-refractivity contribution < 1.29 is 22.7 Å². The summed E-state index contributed by atoms with van der Waals surface area (Å²) in [7, 11) is -2.32. The van der Waals surface area contributed by atoms with E-state index in [9.17, 15) is 13.6 Å². The highest BCUT2D eigenvalue weighted by atomic mass is 32.2. The van der Waals surface area contributed by atoms with E-state index in [-0.39, 0.29) is 17.4 Å². The minimum absolute atomic E-state index is 0.0876. The Morgan fingerprint density at radius 1 is 1.06 bits per heavy atom. The van der Waals surface area contributed by atoms with Gasteiger partial charge in [-0.25, -0.2) is 0 Å². The van der Waals surface area contributed by atoms with Crippen LogP contribution in [-0.4, -0.2) is 51.8 Å². The normalized spacial score (nSPS) is 17.7. The zero-order valence-electron chi connectivity index (χ0n) is 24.4. The van der Waals surface area contributed by atoms with Gasteiger partial charge in [-0.05, 0) is 71.7 Å². The third kappa shape index (κ3) is 9.55. The molecule has 0 spiro atoms. The molecule has 0 saturated carbocycles. The summed E-state index contributed by atoms with van der Waals surface area (Å²) in [5.41, 5.74) is 0.885. The molecule has 5 atom stereocenters. The molecule has 0 fully saturated rings. The van der Waals surface area contributed by atoms with Gasteiger partial charge in [0.1, 0.15) is 4.75 Å². The maximum Gasteiger partial charge on any atom is 0.305 e. The molecule has 0 aliphatic carbocycles. The van der Waals surface area contributed by atoms with Crippen LogP contribution in [0.5, 0.6) is 0 Å². The molecule has 0 aromatic heterocycles. The van der Waals surface area contributed by atoms with Crippen molar-refractivity contribution in [2.24, 2.45) is 0 Å².